The van der Waals surface area contributed by atoms with Gasteiger partial charge in [0.15, 0.2) is 0 Å². The van der Waals surface area contributed by atoms with Crippen molar-refractivity contribution in [1.82, 2.24) is 10.6 Å². The van der Waals surface area contributed by atoms with Crippen LogP contribution in [0.4, 0.5) is 0 Å². The number of nitrogens with two attached hydrogens (primary N) is 1. The molecule has 1 amide bonds. The van der Waals surface area contributed by atoms with Crippen LogP contribution < -0.4 is 16.4 Å². The summed E-state index contributed by atoms with van der Waals surface area (Å²) in [7, 11) is 4.19. The van der Waals surface area contributed by atoms with Gasteiger partial charge in [-0.1, -0.05) is 105 Å². The molecule has 0 spiro atoms. The lowest BCUT2D eigenvalue weighted by Gasteiger charge is -2.34. The van der Waals surface area contributed by atoms with Crippen molar-refractivity contribution in [3.8, 4) is 11.1 Å². The molecule has 3 aliphatic rings. The second-order valence-electron chi connectivity index (χ2n) is 15.2. The van der Waals surface area contributed by atoms with Crippen LogP contribution in [0, 0.1) is 5.92 Å². The van der Waals surface area contributed by atoms with Gasteiger partial charge in [0, 0.05) is 6.42 Å². The summed E-state index contributed by atoms with van der Waals surface area (Å²) in [5.74, 6) is 1.39. The molecule has 0 saturated heterocycles. The Hall–Kier alpha value is -3.73. The maximum absolute atomic E-state index is 11.9. The number of rotatable bonds is 9. The van der Waals surface area contributed by atoms with E-state index in [9.17, 15) is 4.79 Å². The number of benzene rings is 4. The average Bonchev–Trinajstić information content (AvgIpc) is 3.58. The van der Waals surface area contributed by atoms with Crippen LogP contribution in [0.25, 0.3) is 11.1 Å². The van der Waals surface area contributed by atoms with Crippen molar-refractivity contribution in [3.05, 3.63) is 129 Å². The summed E-state index contributed by atoms with van der Waals surface area (Å²) in [4.78, 5) is 11.9. The summed E-state index contributed by atoms with van der Waals surface area (Å²) >= 11 is 0. The number of amides is 1. The number of carbonyl (C=O) groups excluding carboxylic acids is 1. The molecule has 4 N–H and O–H groups in total. The Labute approximate surface area is 287 Å². The first-order chi connectivity index (χ1) is 23.2. The van der Waals surface area contributed by atoms with Crippen molar-refractivity contribution < 1.29 is 4.79 Å². The first kappa shape index (κ1) is 32.8. The number of primary amides is 1. The molecule has 4 heteroatoms. The molecule has 0 unspecified atom stereocenters. The highest BCUT2D eigenvalue weighted by atomic mass is 16.1. The van der Waals surface area contributed by atoms with Gasteiger partial charge in [0.1, 0.15) is 0 Å². The van der Waals surface area contributed by atoms with Crippen LogP contribution in [0.15, 0.2) is 84.9 Å². The van der Waals surface area contributed by atoms with E-state index in [1.54, 1.807) is 0 Å². The maximum Gasteiger partial charge on any atom is 0.217 e. The van der Waals surface area contributed by atoms with Gasteiger partial charge < -0.3 is 16.4 Å². The topological polar surface area (TPSA) is 67.1 Å². The van der Waals surface area contributed by atoms with E-state index in [2.05, 4.69) is 124 Å². The molecular weight excluding hydrogens is 587 g/mol. The molecule has 0 heterocycles. The van der Waals surface area contributed by atoms with E-state index in [-0.39, 0.29) is 22.9 Å². The molecular formula is C44H53N3O. The monoisotopic (exact) mass is 639 g/mol. The molecule has 4 aromatic rings. The van der Waals surface area contributed by atoms with Crippen molar-refractivity contribution in [3.63, 3.8) is 0 Å². The molecule has 0 radical (unpaired) electrons. The van der Waals surface area contributed by atoms with Crippen LogP contribution >= 0.6 is 0 Å². The van der Waals surface area contributed by atoms with Gasteiger partial charge in [0.2, 0.25) is 5.91 Å². The molecule has 0 aliphatic heterocycles. The van der Waals surface area contributed by atoms with Gasteiger partial charge >= 0.3 is 0 Å². The largest absolute Gasteiger partial charge is 0.370 e. The SMILES string of the molecule is CN[C@]1(C)c2ccccc2C[C@H](CCC(N)=O)c2ccc(-c3ccc4c(c3)C[C@H](CCC3CCCC3)c3ccccc3[C@]4(C)NC)cc21. The van der Waals surface area contributed by atoms with Crippen molar-refractivity contribution in [1.29, 1.82) is 0 Å². The maximum atomic E-state index is 11.9. The minimum atomic E-state index is -0.368. The van der Waals surface area contributed by atoms with Gasteiger partial charge in [-0.15, -0.1) is 0 Å². The van der Waals surface area contributed by atoms with Crippen molar-refractivity contribution in [2.24, 2.45) is 11.7 Å². The normalized spacial score (nSPS) is 24.9. The fourth-order valence-corrected chi connectivity index (χ4v) is 9.60. The summed E-state index contributed by atoms with van der Waals surface area (Å²) in [5, 5.41) is 7.50. The van der Waals surface area contributed by atoms with E-state index in [0.717, 1.165) is 25.2 Å². The van der Waals surface area contributed by atoms with Crippen LogP contribution in [-0.2, 0) is 28.7 Å². The summed E-state index contributed by atoms with van der Waals surface area (Å²) in [6, 6.07) is 32.3. The first-order valence-corrected chi connectivity index (χ1v) is 18.4. The third-order valence-electron chi connectivity index (χ3n) is 12.6. The van der Waals surface area contributed by atoms with E-state index in [1.807, 2.05) is 0 Å². The average molecular weight is 640 g/mol. The molecule has 250 valence electrons. The molecule has 1 saturated carbocycles. The van der Waals surface area contributed by atoms with Gasteiger partial charge in [-0.25, -0.2) is 0 Å². The number of fused-ring (bicyclic) bond motifs is 4. The zero-order valence-electron chi connectivity index (χ0n) is 29.4. The molecule has 0 aromatic heterocycles. The number of carbonyl (C=O) groups is 1. The molecule has 48 heavy (non-hydrogen) atoms. The zero-order valence-corrected chi connectivity index (χ0v) is 29.4. The lowest BCUT2D eigenvalue weighted by atomic mass is 9.79. The predicted octanol–water partition coefficient (Wildman–Crippen LogP) is 8.83. The highest BCUT2D eigenvalue weighted by Gasteiger charge is 2.39. The van der Waals surface area contributed by atoms with E-state index >= 15 is 0 Å². The molecule has 0 bridgehead atoms. The predicted molar refractivity (Wildman–Crippen MR) is 198 cm³/mol. The highest BCUT2D eigenvalue weighted by molar-refractivity contribution is 5.74. The van der Waals surface area contributed by atoms with Crippen LogP contribution in [-0.4, -0.2) is 20.0 Å². The van der Waals surface area contributed by atoms with E-state index in [1.165, 1.54) is 94.2 Å². The molecule has 4 nitrogen and oxygen atoms in total. The smallest absolute Gasteiger partial charge is 0.217 e. The van der Waals surface area contributed by atoms with E-state index in [4.69, 9.17) is 5.73 Å². The number of hydrogen-bond acceptors (Lipinski definition) is 3. The van der Waals surface area contributed by atoms with Crippen LogP contribution in [0.1, 0.15) is 122 Å². The van der Waals surface area contributed by atoms with Gasteiger partial charge in [-0.2, -0.15) is 0 Å². The van der Waals surface area contributed by atoms with Crippen LogP contribution in [0.5, 0.6) is 0 Å². The molecule has 7 rings (SSSR count). The second kappa shape index (κ2) is 13.3. The fourth-order valence-electron chi connectivity index (χ4n) is 9.60. The molecule has 1 fully saturated rings. The van der Waals surface area contributed by atoms with Crippen molar-refractivity contribution >= 4 is 5.91 Å². The fraction of sp³-hybridized carbons (Fsp3) is 0.432. The summed E-state index contributed by atoms with van der Waals surface area (Å²) in [5.41, 5.74) is 18.6. The summed E-state index contributed by atoms with van der Waals surface area (Å²) < 4.78 is 0. The third-order valence-corrected chi connectivity index (χ3v) is 12.6. The standard InChI is InChI=1S/C44H53N3O/c1-43(46-3)39-23-20-30(25-35(39)27-32(18-17-29-11-5-6-12-29)36-14-8-10-16-40(36)43)31-19-22-37-33(21-24-42(45)48)26-34-13-7-9-15-38(34)44(2,47-4)41(37)28-31/h7-10,13-16,19-20,22-23,25,28-29,32-33,46-47H,5-6,11-12,17-18,21,24,26-27H2,1-4H3,(H2,45,48)/t32-,33-,43+,44+/m0/s1. The van der Waals surface area contributed by atoms with E-state index < -0.39 is 0 Å². The van der Waals surface area contributed by atoms with Crippen molar-refractivity contribution in [2.45, 2.75) is 101 Å². The van der Waals surface area contributed by atoms with Gasteiger partial charge in [-0.05, 0) is 140 Å². The Morgan fingerprint density at radius 2 is 1.25 bits per heavy atom. The van der Waals surface area contributed by atoms with Gasteiger partial charge in [-0.3, -0.25) is 4.79 Å². The third kappa shape index (κ3) is 5.81. The molecule has 4 aromatic carbocycles. The first-order valence-electron chi connectivity index (χ1n) is 18.4. The lowest BCUT2D eigenvalue weighted by Crippen LogP contribution is -2.39. The Balaban J connectivity index is 1.32. The summed E-state index contributed by atoms with van der Waals surface area (Å²) in [6.45, 7) is 4.68. The van der Waals surface area contributed by atoms with Gasteiger partial charge in [0.25, 0.3) is 0 Å². The minimum absolute atomic E-state index is 0.223. The van der Waals surface area contributed by atoms with E-state index in [0.29, 0.717) is 12.3 Å². The Morgan fingerprint density at radius 3 is 2.00 bits per heavy atom. The number of nitrogens with one attached hydrogen (secondary N) is 2. The Bertz CT molecular complexity index is 1800. The quantitative estimate of drug-likeness (QED) is 0.171. The molecule has 3 aliphatic carbocycles. The highest BCUT2D eigenvalue weighted by Crippen LogP contribution is 2.47. The Kier molecular flexibility index (Phi) is 9.08. The van der Waals surface area contributed by atoms with Crippen LogP contribution in [0.2, 0.25) is 0 Å². The van der Waals surface area contributed by atoms with Gasteiger partial charge in [0.05, 0.1) is 11.1 Å². The zero-order chi connectivity index (χ0) is 33.5. The number of hydrogen-bond donors (Lipinski definition) is 3. The lowest BCUT2D eigenvalue weighted by molar-refractivity contribution is -0.118. The Morgan fingerprint density at radius 1 is 0.667 bits per heavy atom. The van der Waals surface area contributed by atoms with Crippen LogP contribution in [0.3, 0.4) is 0 Å². The van der Waals surface area contributed by atoms with Crippen molar-refractivity contribution in [2.75, 3.05) is 14.1 Å². The minimum Gasteiger partial charge on any atom is -0.370 e. The summed E-state index contributed by atoms with van der Waals surface area (Å²) in [6.07, 6.45) is 11.3. The second-order valence-corrected chi connectivity index (χ2v) is 15.2. The molecule has 4 atom stereocenters.